The molecule has 6 heteroatoms. The lowest BCUT2D eigenvalue weighted by Gasteiger charge is -2.28. The first-order valence-electron chi connectivity index (χ1n) is 9.39. The van der Waals surface area contributed by atoms with Crippen LogP contribution in [-0.4, -0.2) is 48.2 Å². The highest BCUT2D eigenvalue weighted by Gasteiger charge is 2.21. The highest BCUT2D eigenvalue weighted by Crippen LogP contribution is 2.34. The quantitative estimate of drug-likeness (QED) is 0.772. The van der Waals surface area contributed by atoms with Gasteiger partial charge in [-0.25, -0.2) is 4.79 Å². The van der Waals surface area contributed by atoms with Gasteiger partial charge in [-0.05, 0) is 49.8 Å². The summed E-state index contributed by atoms with van der Waals surface area (Å²) >= 11 is 0. The van der Waals surface area contributed by atoms with Crippen LogP contribution in [0.2, 0.25) is 0 Å². The fourth-order valence-corrected chi connectivity index (χ4v) is 3.50. The molecule has 3 rings (SSSR count). The van der Waals surface area contributed by atoms with E-state index in [0.717, 1.165) is 37.9 Å². The molecule has 0 spiro atoms. The lowest BCUT2D eigenvalue weighted by molar-refractivity contribution is -0.138. The van der Waals surface area contributed by atoms with Crippen LogP contribution in [0, 0.1) is 0 Å². The van der Waals surface area contributed by atoms with Crippen molar-refractivity contribution in [2.24, 2.45) is 0 Å². The molecule has 1 atom stereocenters. The number of amides is 2. The molecule has 0 bridgehead atoms. The number of carboxylic acid groups (broad SMARTS) is 1. The second-order valence-electron chi connectivity index (χ2n) is 7.01. The van der Waals surface area contributed by atoms with Crippen LogP contribution in [0.15, 0.2) is 24.3 Å². The van der Waals surface area contributed by atoms with Crippen molar-refractivity contribution in [3.05, 3.63) is 35.4 Å². The van der Waals surface area contributed by atoms with E-state index in [2.05, 4.69) is 16.7 Å². The molecule has 1 unspecified atom stereocenters. The molecule has 0 aromatic heterocycles. The molecule has 0 radical (unpaired) electrons. The zero-order chi connectivity index (χ0) is 18.5. The Morgan fingerprint density at radius 3 is 2.65 bits per heavy atom. The predicted octanol–water partition coefficient (Wildman–Crippen LogP) is 3.27. The number of nitrogens with one attached hydrogen (secondary N) is 2. The van der Waals surface area contributed by atoms with Gasteiger partial charge < -0.3 is 20.6 Å². The first kappa shape index (κ1) is 18.5. The fourth-order valence-electron chi connectivity index (χ4n) is 3.50. The number of carbonyl (C=O) groups excluding carboxylic acids is 1. The van der Waals surface area contributed by atoms with Crippen LogP contribution < -0.4 is 10.6 Å². The van der Waals surface area contributed by atoms with Crippen molar-refractivity contribution in [2.45, 2.75) is 38.5 Å². The van der Waals surface area contributed by atoms with Crippen LogP contribution in [0.4, 0.5) is 10.5 Å². The monoisotopic (exact) mass is 357 g/mol. The van der Waals surface area contributed by atoms with Gasteiger partial charge in [0.05, 0.1) is 11.6 Å². The summed E-state index contributed by atoms with van der Waals surface area (Å²) in [5.74, 6) is -1.48. The minimum absolute atomic E-state index is 0.121. The van der Waals surface area contributed by atoms with Gasteiger partial charge in [-0.3, -0.25) is 4.79 Å². The first-order chi connectivity index (χ1) is 12.6. The zero-order valence-electron chi connectivity index (χ0n) is 15.3. The Morgan fingerprint density at radius 1 is 1.23 bits per heavy atom. The summed E-state index contributed by atoms with van der Waals surface area (Å²) < 4.78 is 0. The average Bonchev–Trinajstić information content (AvgIpc) is 2.68. The van der Waals surface area contributed by atoms with Gasteiger partial charge in [-0.1, -0.05) is 18.2 Å². The highest BCUT2D eigenvalue weighted by atomic mass is 16.4. The molecule has 1 aromatic carbocycles. The van der Waals surface area contributed by atoms with Crippen LogP contribution in [0.5, 0.6) is 0 Å². The van der Waals surface area contributed by atoms with Crippen LogP contribution in [0.1, 0.15) is 49.7 Å². The molecule has 1 aliphatic carbocycles. The summed E-state index contributed by atoms with van der Waals surface area (Å²) in [5.41, 5.74) is 3.66. The predicted molar refractivity (Wildman–Crippen MR) is 102 cm³/mol. The molecule has 1 saturated heterocycles. The molecule has 1 aliphatic heterocycles. The lowest BCUT2D eigenvalue weighted by Crippen LogP contribution is -2.48. The molecular weight excluding hydrogens is 330 g/mol. The summed E-state index contributed by atoms with van der Waals surface area (Å²) in [6, 6.07) is 5.52. The zero-order valence-corrected chi connectivity index (χ0v) is 15.3. The average molecular weight is 357 g/mol. The van der Waals surface area contributed by atoms with Gasteiger partial charge >= 0.3 is 12.0 Å². The minimum atomic E-state index is -0.867. The second-order valence-corrected chi connectivity index (χ2v) is 7.01. The number of piperazine rings is 1. The van der Waals surface area contributed by atoms with E-state index in [9.17, 15) is 14.7 Å². The fraction of sp³-hybridized carbons (Fsp3) is 0.500. The number of carbonyl (C=O) groups is 2. The Hall–Kier alpha value is -2.34. The highest BCUT2D eigenvalue weighted by molar-refractivity contribution is 5.94. The molecule has 140 valence electrons. The number of anilines is 1. The van der Waals surface area contributed by atoms with E-state index >= 15 is 0 Å². The SMILES string of the molecule is CC(C(=O)O)c1ccc(C2=CCCCC2)c(NC(=O)N2CCNCC2)c1. The number of carboxylic acids is 1. The third kappa shape index (κ3) is 4.25. The van der Waals surface area contributed by atoms with E-state index in [1.165, 1.54) is 12.0 Å². The van der Waals surface area contributed by atoms with E-state index in [4.69, 9.17) is 0 Å². The van der Waals surface area contributed by atoms with Crippen molar-refractivity contribution in [1.29, 1.82) is 0 Å². The lowest BCUT2D eigenvalue weighted by atomic mass is 9.90. The van der Waals surface area contributed by atoms with Crippen molar-refractivity contribution < 1.29 is 14.7 Å². The third-order valence-electron chi connectivity index (χ3n) is 5.20. The minimum Gasteiger partial charge on any atom is -0.481 e. The normalized spacial score (nSPS) is 18.8. The molecule has 1 aromatic rings. The van der Waals surface area contributed by atoms with Crippen LogP contribution in [0.3, 0.4) is 0 Å². The van der Waals surface area contributed by atoms with Gasteiger partial charge in [0.1, 0.15) is 0 Å². The van der Waals surface area contributed by atoms with Crippen LogP contribution in [0.25, 0.3) is 5.57 Å². The molecule has 26 heavy (non-hydrogen) atoms. The topological polar surface area (TPSA) is 81.7 Å². The summed E-state index contributed by atoms with van der Waals surface area (Å²) in [4.78, 5) is 25.8. The molecule has 3 N–H and O–H groups in total. The maximum atomic E-state index is 12.7. The standard InChI is InChI=1S/C20H27N3O3/c1-14(19(24)25)16-7-8-17(15-5-3-2-4-6-15)18(13-16)22-20(26)23-11-9-21-10-12-23/h5,7-8,13-14,21H,2-4,6,9-12H2,1H3,(H,22,26)(H,24,25). The molecule has 2 amide bonds. The Balaban J connectivity index is 1.89. The molecule has 1 heterocycles. The number of hydrogen-bond acceptors (Lipinski definition) is 3. The van der Waals surface area contributed by atoms with Crippen molar-refractivity contribution in [1.82, 2.24) is 10.2 Å². The van der Waals surface area contributed by atoms with Gasteiger partial charge in [-0.2, -0.15) is 0 Å². The van der Waals surface area contributed by atoms with Gasteiger partial charge in [0.15, 0.2) is 0 Å². The van der Waals surface area contributed by atoms with Gasteiger partial charge in [-0.15, -0.1) is 0 Å². The van der Waals surface area contributed by atoms with Crippen molar-refractivity contribution >= 4 is 23.3 Å². The third-order valence-corrected chi connectivity index (χ3v) is 5.20. The van der Waals surface area contributed by atoms with Crippen LogP contribution in [-0.2, 0) is 4.79 Å². The van der Waals surface area contributed by atoms with Gasteiger partial charge in [0.2, 0.25) is 0 Å². The summed E-state index contributed by atoms with van der Waals surface area (Å²) in [7, 11) is 0. The first-order valence-corrected chi connectivity index (χ1v) is 9.39. The van der Waals surface area contributed by atoms with Crippen LogP contribution >= 0.6 is 0 Å². The number of benzene rings is 1. The Morgan fingerprint density at radius 2 is 2.00 bits per heavy atom. The molecule has 1 fully saturated rings. The molecule has 2 aliphatic rings. The summed E-state index contributed by atoms with van der Waals surface area (Å²) in [6.07, 6.45) is 6.61. The van der Waals surface area contributed by atoms with Gasteiger partial charge in [0, 0.05) is 31.7 Å². The number of urea groups is 1. The van der Waals surface area contributed by atoms with Crippen molar-refractivity contribution in [2.75, 3.05) is 31.5 Å². The largest absolute Gasteiger partial charge is 0.481 e. The van der Waals surface area contributed by atoms with E-state index in [-0.39, 0.29) is 6.03 Å². The molecule has 0 saturated carbocycles. The van der Waals surface area contributed by atoms with Crippen molar-refractivity contribution in [3.8, 4) is 0 Å². The summed E-state index contributed by atoms with van der Waals surface area (Å²) in [5, 5.41) is 15.6. The Kier molecular flexibility index (Phi) is 5.93. The Bertz CT molecular complexity index is 708. The Labute approximate surface area is 154 Å². The van der Waals surface area contributed by atoms with Gasteiger partial charge in [0.25, 0.3) is 0 Å². The second kappa shape index (κ2) is 8.36. The number of rotatable bonds is 4. The van der Waals surface area contributed by atoms with E-state index in [0.29, 0.717) is 24.3 Å². The number of aliphatic carboxylic acids is 1. The molecule has 6 nitrogen and oxygen atoms in total. The maximum Gasteiger partial charge on any atom is 0.321 e. The maximum absolute atomic E-state index is 12.7. The van der Waals surface area contributed by atoms with E-state index in [1.54, 1.807) is 11.8 Å². The van der Waals surface area contributed by atoms with E-state index in [1.807, 2.05) is 18.2 Å². The number of hydrogen-bond donors (Lipinski definition) is 3. The van der Waals surface area contributed by atoms with E-state index < -0.39 is 11.9 Å². The molecular formula is C20H27N3O3. The number of allylic oxidation sites excluding steroid dienone is 2. The smallest absolute Gasteiger partial charge is 0.321 e. The van der Waals surface area contributed by atoms with Crippen molar-refractivity contribution in [3.63, 3.8) is 0 Å². The number of nitrogens with zero attached hydrogens (tertiary/aromatic N) is 1. The summed E-state index contributed by atoms with van der Waals surface area (Å²) in [6.45, 7) is 4.60.